The zero-order valence-corrected chi connectivity index (χ0v) is 12.9. The number of ketones is 2. The number of carbonyl (C=O) groups excluding carboxylic acids is 3. The van der Waals surface area contributed by atoms with Crippen molar-refractivity contribution in [3.63, 3.8) is 0 Å². The zero-order chi connectivity index (χ0) is 15.0. The van der Waals surface area contributed by atoms with Gasteiger partial charge in [-0.3, -0.25) is 9.59 Å². The van der Waals surface area contributed by atoms with Crippen LogP contribution in [0.2, 0.25) is 0 Å². The van der Waals surface area contributed by atoms with Crippen molar-refractivity contribution in [1.82, 2.24) is 0 Å². The van der Waals surface area contributed by atoms with Crippen molar-refractivity contribution in [2.24, 2.45) is 5.92 Å². The highest BCUT2D eigenvalue weighted by Gasteiger charge is 2.34. The second-order valence-corrected chi connectivity index (χ2v) is 6.73. The molecule has 0 aromatic carbocycles. The Morgan fingerprint density at radius 1 is 1.29 bits per heavy atom. The Kier molecular flexibility index (Phi) is 3.93. The maximum absolute atomic E-state index is 12.2. The molecular weight excluding hydrogens is 288 g/mol. The molecule has 1 fully saturated rings. The highest BCUT2D eigenvalue weighted by Crippen LogP contribution is 2.37. The Labute approximate surface area is 127 Å². The fraction of sp³-hybridized carbons (Fsp3) is 0.562. The molecule has 1 heterocycles. The fourth-order valence-corrected chi connectivity index (χ4v) is 4.11. The first kappa shape index (κ1) is 14.4. The largest absolute Gasteiger partial charge is 0.462 e. The van der Waals surface area contributed by atoms with E-state index >= 15 is 0 Å². The number of Topliss-reactive ketones (excluding diaryl/α,β-unsaturated/α-hetero) is 2. The van der Waals surface area contributed by atoms with Crippen LogP contribution in [-0.4, -0.2) is 24.1 Å². The van der Waals surface area contributed by atoms with Gasteiger partial charge in [0.15, 0.2) is 5.78 Å². The predicted molar refractivity (Wildman–Crippen MR) is 79.0 cm³/mol. The molecule has 0 bridgehead atoms. The molecule has 0 atom stereocenters. The summed E-state index contributed by atoms with van der Waals surface area (Å²) in [4.78, 5) is 37.7. The number of thiophene rings is 1. The molecule has 21 heavy (non-hydrogen) atoms. The molecule has 0 aliphatic heterocycles. The molecule has 0 amide bonds. The number of hydrogen-bond acceptors (Lipinski definition) is 5. The normalized spacial score (nSPS) is 17.5. The maximum atomic E-state index is 12.2. The molecule has 1 aromatic rings. The van der Waals surface area contributed by atoms with Gasteiger partial charge in [0.2, 0.25) is 0 Å². The molecule has 0 N–H and O–H groups in total. The standard InChI is InChI=1S/C16H18O4S/c1-2-20-16(19)14-10-4-3-5-11(17)15(10)21-13(14)8-12(18)9-6-7-9/h9H,2-8H2,1H3. The highest BCUT2D eigenvalue weighted by molar-refractivity contribution is 7.14. The Bertz CT molecular complexity index is 610. The molecule has 1 saturated carbocycles. The third-order valence-electron chi connectivity index (χ3n) is 4.01. The molecule has 112 valence electrons. The van der Waals surface area contributed by atoms with E-state index in [4.69, 9.17) is 4.74 Å². The van der Waals surface area contributed by atoms with Crippen molar-refractivity contribution >= 4 is 28.9 Å². The first-order valence-electron chi connectivity index (χ1n) is 7.49. The van der Waals surface area contributed by atoms with Gasteiger partial charge in [0.1, 0.15) is 5.78 Å². The van der Waals surface area contributed by atoms with E-state index in [9.17, 15) is 14.4 Å². The lowest BCUT2D eigenvalue weighted by Gasteiger charge is -2.11. The number of esters is 1. The van der Waals surface area contributed by atoms with Gasteiger partial charge in [0, 0.05) is 23.6 Å². The molecule has 0 unspecified atom stereocenters. The van der Waals surface area contributed by atoms with E-state index in [1.54, 1.807) is 6.92 Å². The first-order valence-corrected chi connectivity index (χ1v) is 8.31. The molecule has 2 aliphatic carbocycles. The van der Waals surface area contributed by atoms with Gasteiger partial charge < -0.3 is 4.74 Å². The van der Waals surface area contributed by atoms with E-state index in [-0.39, 0.29) is 29.9 Å². The first-order chi connectivity index (χ1) is 10.1. The van der Waals surface area contributed by atoms with Crippen LogP contribution in [0.1, 0.15) is 63.1 Å². The van der Waals surface area contributed by atoms with E-state index in [1.807, 2.05) is 0 Å². The predicted octanol–water partition coefficient (Wildman–Crippen LogP) is 2.97. The van der Waals surface area contributed by atoms with Crippen LogP contribution in [0.25, 0.3) is 0 Å². The van der Waals surface area contributed by atoms with Crippen LogP contribution < -0.4 is 0 Å². The smallest absolute Gasteiger partial charge is 0.339 e. The van der Waals surface area contributed by atoms with Crippen LogP contribution in [0.3, 0.4) is 0 Å². The van der Waals surface area contributed by atoms with Gasteiger partial charge in [-0.1, -0.05) is 0 Å². The van der Waals surface area contributed by atoms with Crippen LogP contribution in [0.4, 0.5) is 0 Å². The Morgan fingerprint density at radius 3 is 2.71 bits per heavy atom. The van der Waals surface area contributed by atoms with Crippen LogP contribution in [-0.2, 0) is 22.4 Å². The third-order valence-corrected chi connectivity index (χ3v) is 5.28. The molecule has 2 aliphatic rings. The average Bonchev–Trinajstić information content (AvgIpc) is 3.22. The average molecular weight is 306 g/mol. The Morgan fingerprint density at radius 2 is 2.05 bits per heavy atom. The number of fused-ring (bicyclic) bond motifs is 1. The monoisotopic (exact) mass is 306 g/mol. The van der Waals surface area contributed by atoms with Gasteiger partial charge in [-0.15, -0.1) is 11.3 Å². The number of hydrogen-bond donors (Lipinski definition) is 0. The summed E-state index contributed by atoms with van der Waals surface area (Å²) in [7, 11) is 0. The quantitative estimate of drug-likeness (QED) is 0.785. The number of carbonyl (C=O) groups is 3. The molecular formula is C16H18O4S. The van der Waals surface area contributed by atoms with E-state index in [1.165, 1.54) is 11.3 Å². The minimum atomic E-state index is -0.386. The van der Waals surface area contributed by atoms with Crippen LogP contribution in [0.5, 0.6) is 0 Å². The van der Waals surface area contributed by atoms with Crippen molar-refractivity contribution in [2.75, 3.05) is 6.61 Å². The minimum Gasteiger partial charge on any atom is -0.462 e. The van der Waals surface area contributed by atoms with Crippen LogP contribution >= 0.6 is 11.3 Å². The summed E-state index contributed by atoms with van der Waals surface area (Å²) in [5.74, 6) is 0.0571. The third kappa shape index (κ3) is 2.79. The lowest BCUT2D eigenvalue weighted by atomic mass is 9.93. The van der Waals surface area contributed by atoms with Gasteiger partial charge in [0.25, 0.3) is 0 Å². The highest BCUT2D eigenvalue weighted by atomic mass is 32.1. The van der Waals surface area contributed by atoms with Gasteiger partial charge >= 0.3 is 5.97 Å². The molecule has 3 rings (SSSR count). The van der Waals surface area contributed by atoms with Gasteiger partial charge in [-0.05, 0) is 38.2 Å². The summed E-state index contributed by atoms with van der Waals surface area (Å²) in [5.41, 5.74) is 1.31. The lowest BCUT2D eigenvalue weighted by Crippen LogP contribution is -2.14. The molecule has 0 radical (unpaired) electrons. The summed E-state index contributed by atoms with van der Waals surface area (Å²) in [6.07, 6.45) is 4.21. The zero-order valence-electron chi connectivity index (χ0n) is 12.1. The van der Waals surface area contributed by atoms with E-state index in [0.29, 0.717) is 23.5 Å². The van der Waals surface area contributed by atoms with Gasteiger partial charge in [0.05, 0.1) is 17.0 Å². The van der Waals surface area contributed by atoms with E-state index in [0.717, 1.165) is 36.1 Å². The fourth-order valence-electron chi connectivity index (χ4n) is 2.79. The summed E-state index contributed by atoms with van der Waals surface area (Å²) in [6.45, 7) is 2.06. The van der Waals surface area contributed by atoms with Gasteiger partial charge in [-0.25, -0.2) is 4.79 Å². The van der Waals surface area contributed by atoms with Crippen LogP contribution in [0, 0.1) is 5.92 Å². The van der Waals surface area contributed by atoms with E-state index in [2.05, 4.69) is 0 Å². The SMILES string of the molecule is CCOC(=O)c1c(CC(=O)C2CC2)sc2c1CCCC2=O. The Balaban J connectivity index is 1.98. The minimum absolute atomic E-state index is 0.0944. The maximum Gasteiger partial charge on any atom is 0.339 e. The van der Waals surface area contributed by atoms with Crippen LogP contribution in [0.15, 0.2) is 0 Å². The van der Waals surface area contributed by atoms with Gasteiger partial charge in [-0.2, -0.15) is 0 Å². The van der Waals surface area contributed by atoms with E-state index < -0.39 is 0 Å². The topological polar surface area (TPSA) is 60.4 Å². The second-order valence-electron chi connectivity index (χ2n) is 5.62. The molecule has 0 saturated heterocycles. The van der Waals surface area contributed by atoms with Crippen molar-refractivity contribution < 1.29 is 19.1 Å². The molecule has 0 spiro atoms. The summed E-state index contributed by atoms with van der Waals surface area (Å²) < 4.78 is 5.13. The number of ether oxygens (including phenoxy) is 1. The second kappa shape index (κ2) is 5.72. The molecule has 1 aromatic heterocycles. The van der Waals surface area contributed by atoms with Crippen molar-refractivity contribution in [3.05, 3.63) is 20.9 Å². The van der Waals surface area contributed by atoms with Crippen molar-refractivity contribution in [3.8, 4) is 0 Å². The van der Waals surface area contributed by atoms with Crippen molar-refractivity contribution in [1.29, 1.82) is 0 Å². The summed E-state index contributed by atoms with van der Waals surface area (Å²) in [6, 6.07) is 0. The Hall–Kier alpha value is -1.49. The molecule has 4 nitrogen and oxygen atoms in total. The summed E-state index contributed by atoms with van der Waals surface area (Å²) in [5, 5.41) is 0. The van der Waals surface area contributed by atoms with Crippen molar-refractivity contribution in [2.45, 2.75) is 45.4 Å². The summed E-state index contributed by atoms with van der Waals surface area (Å²) >= 11 is 1.33. The lowest BCUT2D eigenvalue weighted by molar-refractivity contribution is -0.119. The number of rotatable bonds is 5. The molecule has 5 heteroatoms.